The first kappa shape index (κ1) is 13.0. The summed E-state index contributed by atoms with van der Waals surface area (Å²) in [4.78, 5) is 27.9. The van der Waals surface area contributed by atoms with Gasteiger partial charge in [-0.1, -0.05) is 0 Å². The van der Waals surface area contributed by atoms with Gasteiger partial charge in [0.25, 0.3) is 0 Å². The Morgan fingerprint density at radius 3 is 2.67 bits per heavy atom. The normalized spacial score (nSPS) is 16.8. The van der Waals surface area contributed by atoms with E-state index in [0.29, 0.717) is 5.92 Å². The zero-order valence-corrected chi connectivity index (χ0v) is 11.1. The number of amides is 1. The molecule has 2 rings (SSSR count). The SMILES string of the molecule is CC(=O)N1CCC(Cc2nc(C(=O)O)cs2)CC1. The van der Waals surface area contributed by atoms with Crippen LogP contribution in [0.3, 0.4) is 0 Å². The first-order chi connectivity index (χ1) is 8.56. The molecule has 98 valence electrons. The number of carbonyl (C=O) groups is 2. The van der Waals surface area contributed by atoms with Gasteiger partial charge in [-0.3, -0.25) is 4.79 Å². The van der Waals surface area contributed by atoms with Gasteiger partial charge in [-0.15, -0.1) is 11.3 Å². The van der Waals surface area contributed by atoms with E-state index in [4.69, 9.17) is 5.11 Å². The molecule has 1 aliphatic heterocycles. The zero-order chi connectivity index (χ0) is 13.1. The summed E-state index contributed by atoms with van der Waals surface area (Å²) in [7, 11) is 0. The molecule has 1 amide bonds. The number of aromatic carboxylic acids is 1. The molecule has 1 saturated heterocycles. The molecule has 5 nitrogen and oxygen atoms in total. The van der Waals surface area contributed by atoms with Gasteiger partial charge in [-0.05, 0) is 18.8 Å². The lowest BCUT2D eigenvalue weighted by atomic mass is 9.94. The molecule has 0 unspecified atom stereocenters. The lowest BCUT2D eigenvalue weighted by Gasteiger charge is -2.30. The van der Waals surface area contributed by atoms with E-state index < -0.39 is 5.97 Å². The van der Waals surface area contributed by atoms with Gasteiger partial charge in [-0.25, -0.2) is 9.78 Å². The third kappa shape index (κ3) is 3.07. The Morgan fingerprint density at radius 1 is 1.50 bits per heavy atom. The zero-order valence-electron chi connectivity index (χ0n) is 10.3. The summed E-state index contributed by atoms with van der Waals surface area (Å²) in [6.07, 6.45) is 2.77. The molecule has 0 aromatic carbocycles. The van der Waals surface area contributed by atoms with Crippen molar-refractivity contribution in [1.29, 1.82) is 0 Å². The maximum absolute atomic E-state index is 11.2. The van der Waals surface area contributed by atoms with E-state index in [0.717, 1.165) is 37.4 Å². The molecular formula is C12H16N2O3S. The molecule has 0 saturated carbocycles. The molecule has 0 radical (unpaired) electrons. The van der Waals surface area contributed by atoms with Crippen molar-refractivity contribution in [3.63, 3.8) is 0 Å². The Balaban J connectivity index is 1.87. The second-order valence-corrected chi connectivity index (χ2v) is 5.53. The van der Waals surface area contributed by atoms with Gasteiger partial charge >= 0.3 is 5.97 Å². The van der Waals surface area contributed by atoms with E-state index in [1.807, 2.05) is 4.90 Å². The van der Waals surface area contributed by atoms with Crippen molar-refractivity contribution in [3.8, 4) is 0 Å². The van der Waals surface area contributed by atoms with Crippen molar-refractivity contribution in [1.82, 2.24) is 9.88 Å². The number of hydrogen-bond donors (Lipinski definition) is 1. The van der Waals surface area contributed by atoms with Crippen LogP contribution < -0.4 is 0 Å². The smallest absolute Gasteiger partial charge is 0.355 e. The van der Waals surface area contributed by atoms with Crippen LogP contribution in [-0.4, -0.2) is 40.0 Å². The van der Waals surface area contributed by atoms with Crippen LogP contribution in [0.25, 0.3) is 0 Å². The van der Waals surface area contributed by atoms with Crippen LogP contribution in [0.4, 0.5) is 0 Å². The third-order valence-corrected chi connectivity index (χ3v) is 4.17. The Morgan fingerprint density at radius 2 is 2.17 bits per heavy atom. The highest BCUT2D eigenvalue weighted by Gasteiger charge is 2.22. The summed E-state index contributed by atoms with van der Waals surface area (Å²) in [5.41, 5.74) is 0.135. The quantitative estimate of drug-likeness (QED) is 0.904. The minimum atomic E-state index is -0.969. The van der Waals surface area contributed by atoms with Gasteiger partial charge < -0.3 is 10.0 Å². The highest BCUT2D eigenvalue weighted by atomic mass is 32.1. The highest BCUT2D eigenvalue weighted by Crippen LogP contribution is 2.23. The number of nitrogens with zero attached hydrogens (tertiary/aromatic N) is 2. The largest absolute Gasteiger partial charge is 0.476 e. The molecule has 0 atom stereocenters. The number of thiazole rings is 1. The van der Waals surface area contributed by atoms with Crippen LogP contribution in [0.5, 0.6) is 0 Å². The molecule has 1 aliphatic rings. The van der Waals surface area contributed by atoms with E-state index >= 15 is 0 Å². The average Bonchev–Trinajstić information content (AvgIpc) is 2.78. The summed E-state index contributed by atoms with van der Waals surface area (Å²) in [6.45, 7) is 3.20. The molecule has 0 aliphatic carbocycles. The Kier molecular flexibility index (Phi) is 3.96. The molecule has 18 heavy (non-hydrogen) atoms. The standard InChI is InChI=1S/C12H16N2O3S/c1-8(15)14-4-2-9(3-5-14)6-11-13-10(7-18-11)12(16)17/h7,9H,2-6H2,1H3,(H,16,17). The summed E-state index contributed by atoms with van der Waals surface area (Å²) in [5, 5.41) is 11.3. The first-order valence-corrected chi connectivity index (χ1v) is 6.87. The minimum absolute atomic E-state index is 0.135. The van der Waals surface area contributed by atoms with Crippen molar-refractivity contribution in [3.05, 3.63) is 16.1 Å². The van der Waals surface area contributed by atoms with E-state index in [9.17, 15) is 9.59 Å². The molecule has 1 fully saturated rings. The monoisotopic (exact) mass is 268 g/mol. The number of piperidine rings is 1. The second-order valence-electron chi connectivity index (χ2n) is 4.59. The predicted octanol–water partition coefficient (Wildman–Crippen LogP) is 1.64. The topological polar surface area (TPSA) is 70.5 Å². The molecule has 1 aromatic heterocycles. The fourth-order valence-corrected chi connectivity index (χ4v) is 3.09. The second kappa shape index (κ2) is 5.48. The first-order valence-electron chi connectivity index (χ1n) is 5.99. The van der Waals surface area contributed by atoms with Gasteiger partial charge in [0.15, 0.2) is 5.69 Å². The number of carboxylic acid groups (broad SMARTS) is 1. The lowest BCUT2D eigenvalue weighted by molar-refractivity contribution is -0.130. The minimum Gasteiger partial charge on any atom is -0.476 e. The number of aromatic nitrogens is 1. The molecule has 0 bridgehead atoms. The van der Waals surface area contributed by atoms with Gasteiger partial charge in [-0.2, -0.15) is 0 Å². The Hall–Kier alpha value is -1.43. The van der Waals surface area contributed by atoms with Crippen molar-refractivity contribution in [2.45, 2.75) is 26.2 Å². The summed E-state index contributed by atoms with van der Waals surface area (Å²) in [6, 6.07) is 0. The summed E-state index contributed by atoms with van der Waals surface area (Å²) < 4.78 is 0. The van der Waals surface area contributed by atoms with Crippen LogP contribution in [-0.2, 0) is 11.2 Å². The predicted molar refractivity (Wildman–Crippen MR) is 67.8 cm³/mol. The molecular weight excluding hydrogens is 252 g/mol. The number of carboxylic acids is 1. The van der Waals surface area contributed by atoms with E-state index in [2.05, 4.69) is 4.98 Å². The molecule has 1 aromatic rings. The van der Waals surface area contributed by atoms with Crippen LogP contribution in [0.15, 0.2) is 5.38 Å². The number of likely N-dealkylation sites (tertiary alicyclic amines) is 1. The van der Waals surface area contributed by atoms with Crippen molar-refractivity contribution in [2.24, 2.45) is 5.92 Å². The highest BCUT2D eigenvalue weighted by molar-refractivity contribution is 7.09. The molecule has 2 heterocycles. The molecule has 6 heteroatoms. The van der Waals surface area contributed by atoms with Crippen molar-refractivity contribution < 1.29 is 14.7 Å². The summed E-state index contributed by atoms with van der Waals surface area (Å²) >= 11 is 1.41. The van der Waals surface area contributed by atoms with Crippen LogP contribution in [0.2, 0.25) is 0 Å². The maximum atomic E-state index is 11.2. The summed E-state index contributed by atoms with van der Waals surface area (Å²) in [5.74, 6) is -0.326. The number of hydrogen-bond acceptors (Lipinski definition) is 4. The fraction of sp³-hybridized carbons (Fsp3) is 0.583. The molecule has 1 N–H and O–H groups in total. The van der Waals surface area contributed by atoms with Crippen LogP contribution >= 0.6 is 11.3 Å². The van der Waals surface area contributed by atoms with E-state index in [1.54, 1.807) is 12.3 Å². The van der Waals surface area contributed by atoms with Gasteiger partial charge in [0.05, 0.1) is 5.01 Å². The third-order valence-electron chi connectivity index (χ3n) is 3.29. The number of rotatable bonds is 3. The van der Waals surface area contributed by atoms with Gasteiger partial charge in [0.1, 0.15) is 0 Å². The Labute approximate surface area is 109 Å². The van der Waals surface area contributed by atoms with Gasteiger partial charge in [0.2, 0.25) is 5.91 Å². The lowest BCUT2D eigenvalue weighted by Crippen LogP contribution is -2.37. The van der Waals surface area contributed by atoms with Crippen molar-refractivity contribution in [2.75, 3.05) is 13.1 Å². The number of carbonyl (C=O) groups excluding carboxylic acids is 1. The molecule has 0 spiro atoms. The maximum Gasteiger partial charge on any atom is 0.355 e. The van der Waals surface area contributed by atoms with Crippen molar-refractivity contribution >= 4 is 23.2 Å². The van der Waals surface area contributed by atoms with E-state index in [1.165, 1.54) is 11.3 Å². The average molecular weight is 268 g/mol. The van der Waals surface area contributed by atoms with E-state index in [-0.39, 0.29) is 11.6 Å². The van der Waals surface area contributed by atoms with Crippen LogP contribution in [0, 0.1) is 5.92 Å². The van der Waals surface area contributed by atoms with Gasteiger partial charge in [0, 0.05) is 31.8 Å². The fourth-order valence-electron chi connectivity index (χ4n) is 2.20. The van der Waals surface area contributed by atoms with Crippen LogP contribution in [0.1, 0.15) is 35.3 Å². The Bertz CT molecular complexity index is 450.